The summed E-state index contributed by atoms with van der Waals surface area (Å²) in [5.41, 5.74) is 1.35. The van der Waals surface area contributed by atoms with Gasteiger partial charge in [0.1, 0.15) is 0 Å². The molecule has 0 aliphatic rings. The van der Waals surface area contributed by atoms with Gasteiger partial charge in [0, 0.05) is 51.1 Å². The zero-order chi connectivity index (χ0) is 15.1. The number of nitrogens with zero attached hydrogens (tertiary/aromatic N) is 2. The van der Waals surface area contributed by atoms with Crippen molar-refractivity contribution in [2.45, 2.75) is 20.3 Å². The molecule has 0 N–H and O–H groups in total. The van der Waals surface area contributed by atoms with Crippen LogP contribution in [0, 0.1) is 0 Å². The molecule has 0 unspecified atom stereocenters. The molecule has 1 rings (SSSR count). The summed E-state index contributed by atoms with van der Waals surface area (Å²) >= 11 is 0. The molecule has 4 heteroatoms. The minimum absolute atomic E-state index is 0.0136. The van der Waals surface area contributed by atoms with E-state index in [0.29, 0.717) is 12.1 Å². The zero-order valence-corrected chi connectivity index (χ0v) is 12.6. The van der Waals surface area contributed by atoms with E-state index in [1.165, 1.54) is 13.0 Å². The molecule has 0 fully saturated rings. The first-order valence-corrected chi connectivity index (χ1v) is 6.72. The van der Waals surface area contributed by atoms with Crippen LogP contribution in [-0.2, 0) is 4.79 Å². The molecule has 4 nitrogen and oxygen atoms in total. The van der Waals surface area contributed by atoms with Crippen LogP contribution in [0.4, 0.5) is 5.69 Å². The van der Waals surface area contributed by atoms with Crippen LogP contribution >= 0.6 is 0 Å². The van der Waals surface area contributed by atoms with Gasteiger partial charge in [-0.3, -0.25) is 9.59 Å². The van der Waals surface area contributed by atoms with Gasteiger partial charge in [-0.1, -0.05) is 19.1 Å². The van der Waals surface area contributed by atoms with Crippen LogP contribution in [0.5, 0.6) is 0 Å². The second-order valence-corrected chi connectivity index (χ2v) is 4.86. The Kier molecular flexibility index (Phi) is 5.97. The predicted molar refractivity (Wildman–Crippen MR) is 81.9 cm³/mol. The number of carbonyl (C=O) groups excluding carboxylic acids is 2. The smallest absolute Gasteiger partial charge is 0.223 e. The number of hydrogen-bond donors (Lipinski definition) is 0. The van der Waals surface area contributed by atoms with Crippen molar-refractivity contribution in [3.8, 4) is 0 Å². The SMILES string of the molecule is CCCN(C(C)=O)c1cccc(C(=O)/C=C/N(C)C)c1. The Morgan fingerprint density at radius 3 is 2.50 bits per heavy atom. The fourth-order valence-corrected chi connectivity index (χ4v) is 1.83. The second-order valence-electron chi connectivity index (χ2n) is 4.86. The molecule has 0 saturated carbocycles. The predicted octanol–water partition coefficient (Wildman–Crippen LogP) is 2.71. The Morgan fingerprint density at radius 1 is 1.25 bits per heavy atom. The maximum absolute atomic E-state index is 12.0. The van der Waals surface area contributed by atoms with E-state index in [1.807, 2.05) is 27.1 Å². The molecule has 108 valence electrons. The van der Waals surface area contributed by atoms with Crippen LogP contribution in [0.15, 0.2) is 36.5 Å². The first kappa shape index (κ1) is 16.0. The molecule has 0 aliphatic carbocycles. The minimum Gasteiger partial charge on any atom is -0.383 e. The van der Waals surface area contributed by atoms with E-state index in [2.05, 4.69) is 0 Å². The van der Waals surface area contributed by atoms with Gasteiger partial charge in [0.25, 0.3) is 0 Å². The van der Waals surface area contributed by atoms with Gasteiger partial charge in [-0.25, -0.2) is 0 Å². The largest absolute Gasteiger partial charge is 0.383 e. The van der Waals surface area contributed by atoms with E-state index < -0.39 is 0 Å². The lowest BCUT2D eigenvalue weighted by atomic mass is 10.1. The van der Waals surface area contributed by atoms with Crippen molar-refractivity contribution in [3.63, 3.8) is 0 Å². The van der Waals surface area contributed by atoms with Crippen molar-refractivity contribution in [3.05, 3.63) is 42.1 Å². The third kappa shape index (κ3) is 4.53. The number of benzene rings is 1. The molecular weight excluding hydrogens is 252 g/mol. The Balaban J connectivity index is 3.00. The van der Waals surface area contributed by atoms with Crippen LogP contribution < -0.4 is 4.90 Å². The first-order valence-electron chi connectivity index (χ1n) is 6.72. The highest BCUT2D eigenvalue weighted by Gasteiger charge is 2.12. The molecule has 0 atom stereocenters. The number of amides is 1. The number of hydrogen-bond acceptors (Lipinski definition) is 3. The van der Waals surface area contributed by atoms with E-state index in [4.69, 9.17) is 0 Å². The normalized spacial score (nSPS) is 10.6. The molecule has 0 bridgehead atoms. The number of anilines is 1. The molecule has 1 aromatic carbocycles. The molecule has 0 heterocycles. The van der Waals surface area contributed by atoms with E-state index in [0.717, 1.165) is 12.1 Å². The van der Waals surface area contributed by atoms with Gasteiger partial charge in [0.05, 0.1) is 0 Å². The summed E-state index contributed by atoms with van der Waals surface area (Å²) in [6.45, 7) is 4.21. The summed E-state index contributed by atoms with van der Waals surface area (Å²) in [4.78, 5) is 27.2. The topological polar surface area (TPSA) is 40.6 Å². The molecule has 0 saturated heterocycles. The van der Waals surface area contributed by atoms with E-state index >= 15 is 0 Å². The first-order chi connectivity index (χ1) is 9.45. The van der Waals surface area contributed by atoms with Crippen molar-refractivity contribution in [1.29, 1.82) is 0 Å². The highest BCUT2D eigenvalue weighted by molar-refractivity contribution is 6.05. The standard InChI is InChI=1S/C16H22N2O2/c1-5-10-18(13(2)19)15-8-6-7-14(12-15)16(20)9-11-17(3)4/h6-9,11-12H,5,10H2,1-4H3/b11-9+. The summed E-state index contributed by atoms with van der Waals surface area (Å²) in [5.74, 6) is -0.0826. The summed E-state index contributed by atoms with van der Waals surface area (Å²) in [6.07, 6.45) is 4.11. The zero-order valence-electron chi connectivity index (χ0n) is 12.6. The third-order valence-electron chi connectivity index (χ3n) is 2.79. The number of ketones is 1. The third-order valence-corrected chi connectivity index (χ3v) is 2.79. The number of rotatable bonds is 6. The highest BCUT2D eigenvalue weighted by Crippen LogP contribution is 2.17. The lowest BCUT2D eigenvalue weighted by Crippen LogP contribution is -2.29. The summed E-state index contributed by atoms with van der Waals surface area (Å²) in [7, 11) is 3.72. The van der Waals surface area contributed by atoms with E-state index in [9.17, 15) is 9.59 Å². The van der Waals surface area contributed by atoms with E-state index in [-0.39, 0.29) is 11.7 Å². The lowest BCUT2D eigenvalue weighted by Gasteiger charge is -2.20. The van der Waals surface area contributed by atoms with Crippen molar-refractivity contribution in [2.24, 2.45) is 0 Å². The van der Waals surface area contributed by atoms with Gasteiger partial charge in [0.15, 0.2) is 5.78 Å². The molecule has 1 aromatic rings. The fourth-order valence-electron chi connectivity index (χ4n) is 1.83. The molecule has 1 amide bonds. The van der Waals surface area contributed by atoms with Gasteiger partial charge in [-0.05, 0) is 18.6 Å². The van der Waals surface area contributed by atoms with Gasteiger partial charge < -0.3 is 9.80 Å². The number of carbonyl (C=O) groups is 2. The van der Waals surface area contributed by atoms with Gasteiger partial charge in [-0.2, -0.15) is 0 Å². The van der Waals surface area contributed by atoms with E-state index in [1.54, 1.807) is 34.2 Å². The van der Waals surface area contributed by atoms with Crippen LogP contribution in [0.2, 0.25) is 0 Å². The Hall–Kier alpha value is -2.10. The summed E-state index contributed by atoms with van der Waals surface area (Å²) < 4.78 is 0. The number of allylic oxidation sites excluding steroid dienone is 1. The van der Waals surface area contributed by atoms with Crippen LogP contribution in [-0.4, -0.2) is 37.2 Å². The van der Waals surface area contributed by atoms with Crippen molar-refractivity contribution >= 4 is 17.4 Å². The van der Waals surface area contributed by atoms with Crippen LogP contribution in [0.3, 0.4) is 0 Å². The Labute approximate surface area is 120 Å². The monoisotopic (exact) mass is 274 g/mol. The Morgan fingerprint density at radius 2 is 1.95 bits per heavy atom. The van der Waals surface area contributed by atoms with Crippen molar-refractivity contribution in [1.82, 2.24) is 4.90 Å². The highest BCUT2D eigenvalue weighted by atomic mass is 16.2. The summed E-state index contributed by atoms with van der Waals surface area (Å²) in [6, 6.07) is 7.18. The van der Waals surface area contributed by atoms with Gasteiger partial charge in [0.2, 0.25) is 5.91 Å². The molecule has 0 aromatic heterocycles. The molecule has 0 spiro atoms. The van der Waals surface area contributed by atoms with Gasteiger partial charge >= 0.3 is 0 Å². The summed E-state index contributed by atoms with van der Waals surface area (Å²) in [5, 5.41) is 0. The van der Waals surface area contributed by atoms with Crippen LogP contribution in [0.1, 0.15) is 30.6 Å². The second kappa shape index (κ2) is 7.48. The van der Waals surface area contributed by atoms with Gasteiger partial charge in [-0.15, -0.1) is 0 Å². The van der Waals surface area contributed by atoms with Crippen molar-refractivity contribution in [2.75, 3.05) is 25.5 Å². The maximum Gasteiger partial charge on any atom is 0.223 e. The van der Waals surface area contributed by atoms with Crippen LogP contribution in [0.25, 0.3) is 0 Å². The lowest BCUT2D eigenvalue weighted by molar-refractivity contribution is -0.116. The average molecular weight is 274 g/mol. The quantitative estimate of drug-likeness (QED) is 0.591. The molecular formula is C16H22N2O2. The maximum atomic E-state index is 12.0. The Bertz CT molecular complexity index is 507. The average Bonchev–Trinajstić information content (AvgIpc) is 2.41. The van der Waals surface area contributed by atoms with Crippen molar-refractivity contribution < 1.29 is 9.59 Å². The fraction of sp³-hybridized carbons (Fsp3) is 0.375. The minimum atomic E-state index is -0.0689. The molecule has 0 radical (unpaired) electrons. The molecule has 20 heavy (non-hydrogen) atoms. The molecule has 0 aliphatic heterocycles.